The number of carbonyl (C=O) groups is 3. The van der Waals surface area contributed by atoms with E-state index in [0.717, 1.165) is 5.56 Å². The fourth-order valence-corrected chi connectivity index (χ4v) is 4.47. The maximum absolute atomic E-state index is 13.6. The summed E-state index contributed by atoms with van der Waals surface area (Å²) in [5.41, 5.74) is 2.78. The van der Waals surface area contributed by atoms with E-state index in [1.165, 1.54) is 6.92 Å². The van der Waals surface area contributed by atoms with Crippen molar-refractivity contribution >= 4 is 34.8 Å². The van der Waals surface area contributed by atoms with Gasteiger partial charge in [0.1, 0.15) is 11.5 Å². The molecule has 1 aliphatic heterocycles. The Kier molecular flexibility index (Phi) is 7.53. The van der Waals surface area contributed by atoms with Crippen LogP contribution in [0.15, 0.2) is 72.8 Å². The molecule has 4 rings (SSSR count). The third-order valence-corrected chi connectivity index (χ3v) is 6.21. The van der Waals surface area contributed by atoms with Crippen molar-refractivity contribution in [3.63, 3.8) is 0 Å². The minimum absolute atomic E-state index is 0.0512. The molecule has 0 spiro atoms. The predicted molar refractivity (Wildman–Crippen MR) is 138 cm³/mol. The number of nitrogens with zero attached hydrogens (tertiary/aromatic N) is 1. The third kappa shape index (κ3) is 5.49. The normalized spacial score (nSPS) is 17.3. The summed E-state index contributed by atoms with van der Waals surface area (Å²) >= 11 is 0. The van der Waals surface area contributed by atoms with Crippen LogP contribution in [-0.4, -0.2) is 31.9 Å². The molecule has 2 atom stereocenters. The Hall–Kier alpha value is -4.33. The van der Waals surface area contributed by atoms with Gasteiger partial charge in [0, 0.05) is 30.4 Å². The molecular formula is C28H29N3O5. The largest absolute Gasteiger partial charge is 0.497 e. The summed E-state index contributed by atoms with van der Waals surface area (Å²) in [5, 5.41) is 5.69. The highest BCUT2D eigenvalue weighted by molar-refractivity contribution is 6.00. The lowest BCUT2D eigenvalue weighted by Gasteiger charge is -2.41. The van der Waals surface area contributed by atoms with E-state index in [4.69, 9.17) is 9.47 Å². The highest BCUT2D eigenvalue weighted by atomic mass is 16.5. The molecule has 8 heteroatoms. The minimum Gasteiger partial charge on any atom is -0.497 e. The third-order valence-electron chi connectivity index (χ3n) is 6.21. The smallest absolute Gasteiger partial charge is 0.229 e. The monoisotopic (exact) mass is 487 g/mol. The van der Waals surface area contributed by atoms with E-state index in [0.29, 0.717) is 35.0 Å². The lowest BCUT2D eigenvalue weighted by Crippen LogP contribution is -2.46. The standard InChI is InChI=1S/C28H29N3O5/c1-18(32)29-20-6-8-21(9-7-20)30-28(34)25-16-17-26(33)31(22-10-14-24(36-3)15-11-22)27(25)19-4-12-23(35-2)13-5-19/h4-15,25,27H,16-17H2,1-3H3,(H,29,32)(H,30,34). The zero-order chi connectivity index (χ0) is 25.7. The maximum Gasteiger partial charge on any atom is 0.229 e. The topological polar surface area (TPSA) is 97.0 Å². The molecule has 3 amide bonds. The molecule has 0 radical (unpaired) electrons. The van der Waals surface area contributed by atoms with Crippen molar-refractivity contribution in [1.82, 2.24) is 0 Å². The number of rotatable bonds is 7. The van der Waals surface area contributed by atoms with E-state index < -0.39 is 12.0 Å². The van der Waals surface area contributed by atoms with Crippen molar-refractivity contribution in [2.45, 2.75) is 25.8 Å². The second-order valence-electron chi connectivity index (χ2n) is 8.57. The van der Waals surface area contributed by atoms with Crippen molar-refractivity contribution in [2.24, 2.45) is 5.92 Å². The second-order valence-corrected chi connectivity index (χ2v) is 8.57. The van der Waals surface area contributed by atoms with Gasteiger partial charge in [-0.2, -0.15) is 0 Å². The number of methoxy groups -OCH3 is 2. The van der Waals surface area contributed by atoms with Crippen molar-refractivity contribution in [3.05, 3.63) is 78.4 Å². The number of hydrogen-bond acceptors (Lipinski definition) is 5. The molecule has 0 saturated carbocycles. The number of amides is 3. The Morgan fingerprint density at radius 2 is 1.33 bits per heavy atom. The molecule has 1 heterocycles. The van der Waals surface area contributed by atoms with E-state index in [1.54, 1.807) is 55.5 Å². The number of piperidine rings is 1. The number of benzene rings is 3. The van der Waals surface area contributed by atoms with Crippen LogP contribution in [0, 0.1) is 5.92 Å². The summed E-state index contributed by atoms with van der Waals surface area (Å²) < 4.78 is 10.6. The number of anilines is 3. The summed E-state index contributed by atoms with van der Waals surface area (Å²) in [5.74, 6) is 0.477. The van der Waals surface area contributed by atoms with Crippen LogP contribution in [0.1, 0.15) is 31.4 Å². The van der Waals surface area contributed by atoms with E-state index in [-0.39, 0.29) is 24.1 Å². The molecule has 3 aromatic rings. The van der Waals surface area contributed by atoms with E-state index in [1.807, 2.05) is 36.4 Å². The molecule has 1 fully saturated rings. The van der Waals surface area contributed by atoms with Gasteiger partial charge in [0.25, 0.3) is 0 Å². The maximum atomic E-state index is 13.6. The highest BCUT2D eigenvalue weighted by Crippen LogP contribution is 2.41. The molecule has 186 valence electrons. The molecule has 0 aliphatic carbocycles. The van der Waals surface area contributed by atoms with Crippen LogP contribution >= 0.6 is 0 Å². The Morgan fingerprint density at radius 3 is 1.86 bits per heavy atom. The van der Waals surface area contributed by atoms with Gasteiger partial charge >= 0.3 is 0 Å². The van der Waals surface area contributed by atoms with Crippen LogP contribution in [0.25, 0.3) is 0 Å². The van der Waals surface area contributed by atoms with Crippen molar-refractivity contribution in [1.29, 1.82) is 0 Å². The number of ether oxygens (including phenoxy) is 2. The molecule has 8 nitrogen and oxygen atoms in total. The Balaban J connectivity index is 1.66. The molecule has 3 aromatic carbocycles. The number of nitrogens with one attached hydrogen (secondary N) is 2. The first kappa shape index (κ1) is 24.8. The van der Waals surface area contributed by atoms with Crippen molar-refractivity contribution in [3.8, 4) is 11.5 Å². The Bertz CT molecular complexity index is 1220. The van der Waals surface area contributed by atoms with Gasteiger partial charge in [-0.05, 0) is 72.6 Å². The average molecular weight is 488 g/mol. The summed E-state index contributed by atoms with van der Waals surface area (Å²) in [7, 11) is 3.18. The van der Waals surface area contributed by atoms with E-state index in [2.05, 4.69) is 10.6 Å². The van der Waals surface area contributed by atoms with Gasteiger partial charge in [-0.1, -0.05) is 12.1 Å². The van der Waals surface area contributed by atoms with Gasteiger partial charge in [0.15, 0.2) is 0 Å². The molecule has 36 heavy (non-hydrogen) atoms. The van der Waals surface area contributed by atoms with E-state index in [9.17, 15) is 14.4 Å². The molecule has 0 aromatic heterocycles. The molecule has 0 bridgehead atoms. The second kappa shape index (κ2) is 10.9. The first-order valence-electron chi connectivity index (χ1n) is 11.7. The molecule has 2 unspecified atom stereocenters. The van der Waals surface area contributed by atoms with Gasteiger partial charge in [-0.15, -0.1) is 0 Å². The van der Waals surface area contributed by atoms with Gasteiger partial charge in [0.05, 0.1) is 26.2 Å². The minimum atomic E-state index is -0.510. The van der Waals surface area contributed by atoms with Crippen molar-refractivity contribution in [2.75, 3.05) is 29.8 Å². The van der Waals surface area contributed by atoms with Gasteiger partial charge in [-0.3, -0.25) is 14.4 Å². The SMILES string of the molecule is COc1ccc(C2C(C(=O)Nc3ccc(NC(C)=O)cc3)CCC(=O)N2c2ccc(OC)cc2)cc1. The summed E-state index contributed by atoms with van der Waals surface area (Å²) in [6, 6.07) is 21.1. The van der Waals surface area contributed by atoms with Gasteiger partial charge < -0.3 is 25.0 Å². The molecule has 1 aliphatic rings. The van der Waals surface area contributed by atoms with Gasteiger partial charge in [0.2, 0.25) is 17.7 Å². The summed E-state index contributed by atoms with van der Waals surface area (Å²) in [6.07, 6.45) is 0.663. The first-order valence-corrected chi connectivity index (χ1v) is 11.7. The van der Waals surface area contributed by atoms with Gasteiger partial charge in [-0.25, -0.2) is 0 Å². The molecule has 2 N–H and O–H groups in total. The van der Waals surface area contributed by atoms with E-state index >= 15 is 0 Å². The number of carbonyl (C=O) groups excluding carboxylic acids is 3. The summed E-state index contributed by atoms with van der Waals surface area (Å²) in [6.45, 7) is 1.44. The Morgan fingerprint density at radius 1 is 0.806 bits per heavy atom. The van der Waals surface area contributed by atoms with Crippen LogP contribution in [0.5, 0.6) is 11.5 Å². The van der Waals surface area contributed by atoms with Crippen LogP contribution in [0.4, 0.5) is 17.1 Å². The van der Waals surface area contributed by atoms with Crippen LogP contribution in [-0.2, 0) is 14.4 Å². The average Bonchev–Trinajstić information content (AvgIpc) is 2.89. The van der Waals surface area contributed by atoms with Crippen LogP contribution in [0.2, 0.25) is 0 Å². The summed E-state index contributed by atoms with van der Waals surface area (Å²) in [4.78, 5) is 39.7. The van der Waals surface area contributed by atoms with Crippen LogP contribution < -0.4 is 25.0 Å². The first-order chi connectivity index (χ1) is 17.4. The molecular weight excluding hydrogens is 458 g/mol. The lowest BCUT2D eigenvalue weighted by atomic mass is 9.83. The predicted octanol–water partition coefficient (Wildman–Crippen LogP) is 4.79. The quantitative estimate of drug-likeness (QED) is 0.500. The highest BCUT2D eigenvalue weighted by Gasteiger charge is 2.41. The Labute approximate surface area is 210 Å². The lowest BCUT2D eigenvalue weighted by molar-refractivity contribution is -0.126. The fraction of sp³-hybridized carbons (Fsp3) is 0.250. The van der Waals surface area contributed by atoms with Crippen LogP contribution in [0.3, 0.4) is 0 Å². The zero-order valence-corrected chi connectivity index (χ0v) is 20.5. The molecule has 1 saturated heterocycles. The number of hydrogen-bond donors (Lipinski definition) is 2. The zero-order valence-electron chi connectivity index (χ0n) is 20.5. The fourth-order valence-electron chi connectivity index (χ4n) is 4.47. The van der Waals surface area contributed by atoms with Crippen molar-refractivity contribution < 1.29 is 23.9 Å².